The van der Waals surface area contributed by atoms with Crippen molar-refractivity contribution < 1.29 is 0 Å². The maximum absolute atomic E-state index is 11.4. The molecule has 2 aromatic rings. The Hall–Kier alpha value is -1.13. The fourth-order valence-electron chi connectivity index (χ4n) is 1.18. The number of aryl methyl sites for hydroxylation is 2. The molecule has 3 nitrogen and oxygen atoms in total. The van der Waals surface area contributed by atoms with Crippen LogP contribution in [0.4, 0.5) is 0 Å². The highest BCUT2D eigenvalue weighted by Gasteiger charge is 2.07. The van der Waals surface area contributed by atoms with Crippen LogP contribution < -0.4 is 5.56 Å². The van der Waals surface area contributed by atoms with Crippen LogP contribution in [0.25, 0.3) is 10.6 Å². The lowest BCUT2D eigenvalue weighted by atomic mass is 10.3. The van der Waals surface area contributed by atoms with Crippen molar-refractivity contribution in [2.75, 3.05) is 0 Å². The van der Waals surface area contributed by atoms with Crippen molar-refractivity contribution in [2.45, 2.75) is 6.92 Å². The molecule has 0 radical (unpaired) electrons. The summed E-state index contributed by atoms with van der Waals surface area (Å²) >= 11 is 7.36. The van der Waals surface area contributed by atoms with Gasteiger partial charge in [0.05, 0.1) is 0 Å². The van der Waals surface area contributed by atoms with Gasteiger partial charge < -0.3 is 4.57 Å². The van der Waals surface area contributed by atoms with Gasteiger partial charge in [-0.1, -0.05) is 11.6 Å². The van der Waals surface area contributed by atoms with Gasteiger partial charge in [-0.05, 0) is 13.0 Å². The van der Waals surface area contributed by atoms with Crippen LogP contribution in [0.3, 0.4) is 0 Å². The van der Waals surface area contributed by atoms with E-state index in [1.54, 1.807) is 19.3 Å². The lowest BCUT2D eigenvalue weighted by molar-refractivity contribution is 0.861. The fraction of sp³-hybridized carbons (Fsp3) is 0.200. The molecule has 0 unspecified atom stereocenters. The number of nitrogens with zero attached hydrogens (tertiary/aromatic N) is 2. The number of halogens is 1. The summed E-state index contributed by atoms with van der Waals surface area (Å²) < 4.78 is 1.52. The Morgan fingerprint density at radius 2 is 2.27 bits per heavy atom. The first kappa shape index (κ1) is 10.4. The number of aromatic nitrogens is 2. The molecule has 0 atom stereocenters. The molecule has 0 amide bonds. The van der Waals surface area contributed by atoms with E-state index >= 15 is 0 Å². The minimum atomic E-state index is -0.0449. The first-order valence-electron chi connectivity index (χ1n) is 4.38. The molecule has 5 heteroatoms. The van der Waals surface area contributed by atoms with E-state index in [1.165, 1.54) is 15.9 Å². The molecule has 2 aromatic heterocycles. The molecule has 15 heavy (non-hydrogen) atoms. The van der Waals surface area contributed by atoms with Crippen molar-refractivity contribution in [2.24, 2.45) is 7.05 Å². The maximum Gasteiger partial charge on any atom is 0.250 e. The Bertz CT molecular complexity index is 539. The second-order valence-corrected chi connectivity index (χ2v) is 4.79. The molecule has 0 aliphatic rings. The average molecular weight is 241 g/mol. The second kappa shape index (κ2) is 3.79. The predicted octanol–water partition coefficient (Wildman–Crippen LogP) is 2.47. The van der Waals surface area contributed by atoms with Gasteiger partial charge in [0.1, 0.15) is 10.2 Å². The van der Waals surface area contributed by atoms with E-state index in [-0.39, 0.29) is 5.56 Å². The maximum atomic E-state index is 11.4. The summed E-state index contributed by atoms with van der Waals surface area (Å²) in [7, 11) is 1.71. The van der Waals surface area contributed by atoms with Gasteiger partial charge in [-0.25, -0.2) is 4.98 Å². The molecule has 2 rings (SSSR count). The van der Waals surface area contributed by atoms with Crippen molar-refractivity contribution >= 4 is 22.9 Å². The van der Waals surface area contributed by atoms with E-state index in [0.29, 0.717) is 5.15 Å². The molecule has 0 aliphatic carbocycles. The molecule has 78 valence electrons. The third kappa shape index (κ3) is 1.96. The average Bonchev–Trinajstić information content (AvgIpc) is 2.52. The molecule has 0 aliphatic heterocycles. The topological polar surface area (TPSA) is 34.9 Å². The molecule has 0 saturated heterocycles. The van der Waals surface area contributed by atoms with Crippen LogP contribution in [0.15, 0.2) is 23.1 Å². The molecule has 0 N–H and O–H groups in total. The minimum Gasteiger partial charge on any atom is -0.319 e. The van der Waals surface area contributed by atoms with E-state index in [4.69, 9.17) is 11.6 Å². The minimum absolute atomic E-state index is 0.0449. The van der Waals surface area contributed by atoms with Crippen LogP contribution in [0.2, 0.25) is 5.15 Å². The van der Waals surface area contributed by atoms with Crippen molar-refractivity contribution in [3.05, 3.63) is 38.7 Å². The second-order valence-electron chi connectivity index (χ2n) is 3.23. The molecule has 0 aromatic carbocycles. The number of pyridine rings is 1. The van der Waals surface area contributed by atoms with Gasteiger partial charge in [-0.15, -0.1) is 11.3 Å². The van der Waals surface area contributed by atoms with E-state index in [0.717, 1.165) is 15.4 Å². The Kier molecular flexibility index (Phi) is 2.63. The van der Waals surface area contributed by atoms with Crippen LogP contribution in [0.5, 0.6) is 0 Å². The van der Waals surface area contributed by atoms with Crippen LogP contribution in [0, 0.1) is 6.92 Å². The zero-order valence-corrected chi connectivity index (χ0v) is 9.89. The van der Waals surface area contributed by atoms with E-state index < -0.39 is 0 Å². The van der Waals surface area contributed by atoms with Crippen molar-refractivity contribution in [1.82, 2.24) is 9.55 Å². The Balaban J connectivity index is 2.54. The number of hydrogen-bond donors (Lipinski definition) is 0. The lowest BCUT2D eigenvalue weighted by Gasteiger charge is -1.97. The molecular weight excluding hydrogens is 232 g/mol. The van der Waals surface area contributed by atoms with Crippen LogP contribution >= 0.6 is 22.9 Å². The van der Waals surface area contributed by atoms with Gasteiger partial charge in [0.25, 0.3) is 5.56 Å². The Morgan fingerprint density at radius 3 is 2.80 bits per heavy atom. The van der Waals surface area contributed by atoms with Gasteiger partial charge in [0, 0.05) is 29.8 Å². The SMILES string of the molecule is Cc1sc(-c2ccn(C)c(=O)c2)nc1Cl. The molecule has 0 bridgehead atoms. The standard InChI is InChI=1S/C10H9ClN2OS/c1-6-9(11)12-10(15-6)7-3-4-13(2)8(14)5-7/h3-5H,1-2H3. The van der Waals surface area contributed by atoms with Gasteiger partial charge >= 0.3 is 0 Å². The summed E-state index contributed by atoms with van der Waals surface area (Å²) in [4.78, 5) is 16.6. The van der Waals surface area contributed by atoms with Crippen LogP contribution in [-0.4, -0.2) is 9.55 Å². The molecule has 0 fully saturated rings. The van der Waals surface area contributed by atoms with Crippen molar-refractivity contribution in [3.8, 4) is 10.6 Å². The van der Waals surface area contributed by atoms with Gasteiger partial charge in [0.15, 0.2) is 0 Å². The third-order valence-corrected chi connectivity index (χ3v) is 3.59. The van der Waals surface area contributed by atoms with Gasteiger partial charge in [0.2, 0.25) is 0 Å². The predicted molar refractivity (Wildman–Crippen MR) is 62.5 cm³/mol. The summed E-state index contributed by atoms with van der Waals surface area (Å²) in [6, 6.07) is 3.42. The summed E-state index contributed by atoms with van der Waals surface area (Å²) in [6.45, 7) is 1.91. The van der Waals surface area contributed by atoms with E-state index in [9.17, 15) is 4.79 Å². The number of thiazole rings is 1. The largest absolute Gasteiger partial charge is 0.319 e. The third-order valence-electron chi connectivity index (χ3n) is 2.09. The zero-order valence-electron chi connectivity index (χ0n) is 8.32. The number of rotatable bonds is 1. The highest BCUT2D eigenvalue weighted by atomic mass is 35.5. The van der Waals surface area contributed by atoms with E-state index in [2.05, 4.69) is 4.98 Å². The normalized spacial score (nSPS) is 10.6. The Labute approximate surface area is 96.0 Å². The molecular formula is C10H9ClN2OS. The molecule has 0 spiro atoms. The Morgan fingerprint density at radius 1 is 1.53 bits per heavy atom. The zero-order chi connectivity index (χ0) is 11.0. The van der Waals surface area contributed by atoms with Crippen molar-refractivity contribution in [3.63, 3.8) is 0 Å². The summed E-state index contributed by atoms with van der Waals surface area (Å²) in [5, 5.41) is 1.30. The summed E-state index contributed by atoms with van der Waals surface area (Å²) in [6.07, 6.45) is 1.72. The van der Waals surface area contributed by atoms with Crippen LogP contribution in [0.1, 0.15) is 4.88 Å². The number of hydrogen-bond acceptors (Lipinski definition) is 3. The van der Waals surface area contributed by atoms with Crippen LogP contribution in [-0.2, 0) is 7.05 Å². The lowest BCUT2D eigenvalue weighted by Crippen LogP contribution is -2.13. The van der Waals surface area contributed by atoms with Gasteiger partial charge in [-0.3, -0.25) is 4.79 Å². The highest BCUT2D eigenvalue weighted by molar-refractivity contribution is 7.15. The summed E-state index contributed by atoms with van der Waals surface area (Å²) in [5.74, 6) is 0. The fourth-order valence-corrected chi connectivity index (χ4v) is 2.23. The monoisotopic (exact) mass is 240 g/mol. The van der Waals surface area contributed by atoms with Crippen molar-refractivity contribution in [1.29, 1.82) is 0 Å². The molecule has 0 saturated carbocycles. The highest BCUT2D eigenvalue weighted by Crippen LogP contribution is 2.29. The van der Waals surface area contributed by atoms with E-state index in [1.807, 2.05) is 13.0 Å². The first-order valence-corrected chi connectivity index (χ1v) is 5.57. The quantitative estimate of drug-likeness (QED) is 0.768. The first-order chi connectivity index (χ1) is 7.08. The summed E-state index contributed by atoms with van der Waals surface area (Å²) in [5.41, 5.74) is 0.773. The smallest absolute Gasteiger partial charge is 0.250 e. The molecule has 2 heterocycles. The van der Waals surface area contributed by atoms with Gasteiger partial charge in [-0.2, -0.15) is 0 Å².